The molecular formula is C8H3F4N3O2. The van der Waals surface area contributed by atoms with Crippen molar-refractivity contribution in [3.8, 4) is 11.5 Å². The van der Waals surface area contributed by atoms with Crippen LogP contribution in [0.4, 0.5) is 17.6 Å². The van der Waals surface area contributed by atoms with Crippen LogP contribution in [0.1, 0.15) is 5.56 Å². The number of nitrogens with zero attached hydrogens (tertiary/aromatic N) is 2. The molecule has 0 aromatic carbocycles. The van der Waals surface area contributed by atoms with Crippen molar-refractivity contribution in [3.05, 3.63) is 34.2 Å². The van der Waals surface area contributed by atoms with Gasteiger partial charge in [-0.1, -0.05) is 5.16 Å². The summed E-state index contributed by atoms with van der Waals surface area (Å²) in [6.07, 6.45) is -4.10. The SMILES string of the molecule is O=c1[nH]c(-c2nccc(C(F)(F)F)c2F)no1. The Balaban J connectivity index is 2.61. The first-order valence-electron chi connectivity index (χ1n) is 4.17. The van der Waals surface area contributed by atoms with Gasteiger partial charge < -0.3 is 0 Å². The number of H-pyrrole nitrogens is 1. The minimum Gasteiger partial charge on any atom is -0.296 e. The quantitative estimate of drug-likeness (QED) is 0.779. The van der Waals surface area contributed by atoms with E-state index >= 15 is 0 Å². The summed E-state index contributed by atoms with van der Waals surface area (Å²) in [5.41, 5.74) is -2.22. The molecule has 9 heteroatoms. The highest BCUT2D eigenvalue weighted by Crippen LogP contribution is 2.33. The van der Waals surface area contributed by atoms with E-state index in [9.17, 15) is 22.4 Å². The first-order valence-corrected chi connectivity index (χ1v) is 4.17. The summed E-state index contributed by atoms with van der Waals surface area (Å²) in [7, 11) is 0. The fourth-order valence-corrected chi connectivity index (χ4v) is 1.16. The van der Waals surface area contributed by atoms with Gasteiger partial charge in [-0.05, 0) is 6.07 Å². The second-order valence-electron chi connectivity index (χ2n) is 2.96. The lowest BCUT2D eigenvalue weighted by Gasteiger charge is -2.08. The highest BCUT2D eigenvalue weighted by molar-refractivity contribution is 5.50. The zero-order valence-corrected chi connectivity index (χ0v) is 7.88. The molecule has 0 radical (unpaired) electrons. The third kappa shape index (κ3) is 2.03. The van der Waals surface area contributed by atoms with Crippen LogP contribution in [0, 0.1) is 5.82 Å². The molecule has 0 amide bonds. The third-order valence-corrected chi connectivity index (χ3v) is 1.86. The van der Waals surface area contributed by atoms with E-state index in [1.165, 1.54) is 0 Å². The molecule has 2 heterocycles. The van der Waals surface area contributed by atoms with Crippen molar-refractivity contribution in [3.63, 3.8) is 0 Å². The van der Waals surface area contributed by atoms with Crippen LogP contribution in [0.15, 0.2) is 21.6 Å². The lowest BCUT2D eigenvalue weighted by molar-refractivity contribution is -0.140. The van der Waals surface area contributed by atoms with Gasteiger partial charge in [-0.15, -0.1) is 0 Å². The van der Waals surface area contributed by atoms with Crippen LogP contribution < -0.4 is 5.76 Å². The Labute approximate surface area is 90.1 Å². The van der Waals surface area contributed by atoms with E-state index in [0.717, 1.165) is 6.20 Å². The van der Waals surface area contributed by atoms with Gasteiger partial charge in [0.2, 0.25) is 5.82 Å². The van der Waals surface area contributed by atoms with Gasteiger partial charge in [-0.3, -0.25) is 9.51 Å². The molecule has 0 aliphatic rings. The summed E-state index contributed by atoms with van der Waals surface area (Å²) in [6.45, 7) is 0. The van der Waals surface area contributed by atoms with Gasteiger partial charge >= 0.3 is 11.9 Å². The van der Waals surface area contributed by atoms with E-state index in [0.29, 0.717) is 6.07 Å². The van der Waals surface area contributed by atoms with Gasteiger partial charge in [0.25, 0.3) is 0 Å². The summed E-state index contributed by atoms with van der Waals surface area (Å²) in [5.74, 6) is -3.14. The highest BCUT2D eigenvalue weighted by atomic mass is 19.4. The van der Waals surface area contributed by atoms with Crippen LogP contribution in [0.3, 0.4) is 0 Å². The number of alkyl halides is 3. The van der Waals surface area contributed by atoms with Crippen molar-refractivity contribution in [1.82, 2.24) is 15.1 Å². The molecule has 0 fully saturated rings. The molecule has 2 aromatic heterocycles. The predicted octanol–water partition coefficient (Wildman–Crippen LogP) is 1.58. The zero-order valence-electron chi connectivity index (χ0n) is 7.88. The maximum Gasteiger partial charge on any atom is 0.439 e. The van der Waals surface area contributed by atoms with Crippen molar-refractivity contribution in [2.24, 2.45) is 0 Å². The van der Waals surface area contributed by atoms with Gasteiger partial charge in [0, 0.05) is 6.20 Å². The summed E-state index contributed by atoms with van der Waals surface area (Å²) in [4.78, 5) is 15.9. The van der Waals surface area contributed by atoms with Crippen molar-refractivity contribution >= 4 is 0 Å². The van der Waals surface area contributed by atoms with Crippen LogP contribution in [-0.2, 0) is 6.18 Å². The van der Waals surface area contributed by atoms with Gasteiger partial charge in [0.15, 0.2) is 5.82 Å². The molecule has 0 atom stereocenters. The van der Waals surface area contributed by atoms with Crippen molar-refractivity contribution < 1.29 is 22.1 Å². The summed E-state index contributed by atoms with van der Waals surface area (Å²) in [5, 5.41) is 3.06. The molecule has 0 unspecified atom stereocenters. The van der Waals surface area contributed by atoms with E-state index in [2.05, 4.69) is 14.7 Å². The van der Waals surface area contributed by atoms with E-state index in [4.69, 9.17) is 0 Å². The standard InChI is InChI=1S/C8H3F4N3O2/c9-4-3(8(10,11)12)1-2-13-5(4)6-14-7(16)17-15-6/h1-2H,(H,14,15,16). The normalized spacial score (nSPS) is 11.8. The first kappa shape index (κ1) is 11.3. The van der Waals surface area contributed by atoms with Crippen LogP contribution >= 0.6 is 0 Å². The Kier molecular flexibility index (Phi) is 2.45. The van der Waals surface area contributed by atoms with Gasteiger partial charge in [-0.25, -0.2) is 14.2 Å². The van der Waals surface area contributed by atoms with Gasteiger partial charge in [0.1, 0.15) is 5.69 Å². The molecule has 0 bridgehead atoms. The van der Waals surface area contributed by atoms with Crippen LogP contribution in [-0.4, -0.2) is 15.1 Å². The molecule has 0 spiro atoms. The molecule has 5 nitrogen and oxygen atoms in total. The Morgan fingerprint density at radius 1 is 1.35 bits per heavy atom. The van der Waals surface area contributed by atoms with Gasteiger partial charge in [0.05, 0.1) is 5.56 Å². The van der Waals surface area contributed by atoms with E-state index in [1.54, 1.807) is 0 Å². The fraction of sp³-hybridized carbons (Fsp3) is 0.125. The Hall–Kier alpha value is -2.19. The second-order valence-corrected chi connectivity index (χ2v) is 2.96. The number of hydrogen-bond donors (Lipinski definition) is 1. The number of aromatic nitrogens is 3. The molecule has 0 saturated heterocycles. The maximum absolute atomic E-state index is 13.5. The maximum atomic E-state index is 13.5. The Morgan fingerprint density at radius 2 is 2.06 bits per heavy atom. The van der Waals surface area contributed by atoms with Crippen LogP contribution in [0.25, 0.3) is 11.5 Å². The van der Waals surface area contributed by atoms with Gasteiger partial charge in [-0.2, -0.15) is 13.2 Å². The van der Waals surface area contributed by atoms with Crippen molar-refractivity contribution in [2.75, 3.05) is 0 Å². The van der Waals surface area contributed by atoms with Crippen LogP contribution in [0.5, 0.6) is 0 Å². The smallest absolute Gasteiger partial charge is 0.296 e. The summed E-state index contributed by atoms with van der Waals surface area (Å²) < 4.78 is 54.6. The molecule has 0 saturated carbocycles. The second kappa shape index (κ2) is 3.68. The summed E-state index contributed by atoms with van der Waals surface area (Å²) >= 11 is 0. The molecule has 17 heavy (non-hydrogen) atoms. The molecule has 2 rings (SSSR count). The Morgan fingerprint density at radius 3 is 2.59 bits per heavy atom. The lowest BCUT2D eigenvalue weighted by Crippen LogP contribution is -2.10. The van der Waals surface area contributed by atoms with E-state index in [1.807, 2.05) is 4.98 Å². The topological polar surface area (TPSA) is 71.8 Å². The van der Waals surface area contributed by atoms with Crippen LogP contribution in [0.2, 0.25) is 0 Å². The third-order valence-electron chi connectivity index (χ3n) is 1.86. The largest absolute Gasteiger partial charge is 0.439 e. The average Bonchev–Trinajstić information content (AvgIpc) is 2.63. The molecule has 0 aliphatic heterocycles. The first-order chi connectivity index (χ1) is 7.89. The number of rotatable bonds is 1. The monoisotopic (exact) mass is 249 g/mol. The van der Waals surface area contributed by atoms with E-state index < -0.39 is 34.8 Å². The number of hydrogen-bond acceptors (Lipinski definition) is 4. The molecule has 90 valence electrons. The Bertz CT molecular complexity index is 601. The lowest BCUT2D eigenvalue weighted by atomic mass is 10.2. The zero-order chi connectivity index (χ0) is 12.6. The minimum absolute atomic E-state index is 0.483. The molecular weight excluding hydrogens is 246 g/mol. The number of halogens is 4. The molecule has 0 aliphatic carbocycles. The van der Waals surface area contributed by atoms with Crippen molar-refractivity contribution in [2.45, 2.75) is 6.18 Å². The predicted molar refractivity (Wildman–Crippen MR) is 45.3 cm³/mol. The molecule has 2 aromatic rings. The molecule has 1 N–H and O–H groups in total. The summed E-state index contributed by atoms with van der Waals surface area (Å²) in [6, 6.07) is 0.483. The minimum atomic E-state index is -4.86. The number of pyridine rings is 1. The van der Waals surface area contributed by atoms with E-state index in [-0.39, 0.29) is 0 Å². The number of aromatic amines is 1. The fourth-order valence-electron chi connectivity index (χ4n) is 1.16. The van der Waals surface area contributed by atoms with Crippen molar-refractivity contribution in [1.29, 1.82) is 0 Å². The average molecular weight is 249 g/mol. The number of nitrogens with one attached hydrogen (secondary N) is 1. The highest BCUT2D eigenvalue weighted by Gasteiger charge is 2.36.